The Balaban J connectivity index is 1.56. The van der Waals surface area contributed by atoms with Crippen molar-refractivity contribution in [2.45, 2.75) is 42.9 Å². The second-order valence-electron chi connectivity index (χ2n) is 7.58. The number of carbonyl (C=O) groups excluding carboxylic acids is 1. The average molecular weight is 415 g/mol. The molecule has 0 radical (unpaired) electrons. The zero-order valence-electron chi connectivity index (χ0n) is 17.4. The number of amides is 1. The molecule has 0 unspecified atom stereocenters. The van der Waals surface area contributed by atoms with Gasteiger partial charge in [-0.05, 0) is 55.7 Å². The minimum Gasteiger partial charge on any atom is -0.352 e. The zero-order valence-corrected chi connectivity index (χ0v) is 18.3. The summed E-state index contributed by atoms with van der Waals surface area (Å²) in [5.74, 6) is -0.0522. The predicted octanol–water partition coefficient (Wildman–Crippen LogP) is 6.35. The van der Waals surface area contributed by atoms with Gasteiger partial charge in [-0.2, -0.15) is 0 Å². The van der Waals surface area contributed by atoms with Gasteiger partial charge in [-0.1, -0.05) is 67.1 Å². The molecule has 1 aliphatic heterocycles. The number of nitrogens with zero attached hydrogens (tertiary/aromatic N) is 1. The second-order valence-corrected chi connectivity index (χ2v) is 8.67. The van der Waals surface area contributed by atoms with Crippen LogP contribution in [0.5, 0.6) is 0 Å². The third-order valence-corrected chi connectivity index (χ3v) is 6.31. The molecule has 1 aliphatic rings. The first-order valence-corrected chi connectivity index (χ1v) is 11.3. The third kappa shape index (κ3) is 4.65. The van der Waals surface area contributed by atoms with E-state index in [4.69, 9.17) is 4.99 Å². The molecule has 1 heterocycles. The largest absolute Gasteiger partial charge is 0.352 e. The molecule has 30 heavy (non-hydrogen) atoms. The molecule has 3 aromatic rings. The average Bonchev–Trinajstić information content (AvgIpc) is 2.90. The molecule has 0 fully saturated rings. The maximum Gasteiger partial charge on any atom is 0.251 e. The number of carbonyl (C=O) groups is 1. The van der Waals surface area contributed by atoms with E-state index in [9.17, 15) is 4.79 Å². The second kappa shape index (κ2) is 9.31. The van der Waals surface area contributed by atoms with Gasteiger partial charge in [0.05, 0.1) is 5.69 Å². The molecule has 0 atom stereocenters. The van der Waals surface area contributed by atoms with Crippen LogP contribution in [-0.4, -0.2) is 18.2 Å². The number of rotatable bonds is 6. The number of fused-ring (bicyclic) bond motifs is 2. The number of nitrogens with one attached hydrogen (secondary N) is 1. The topological polar surface area (TPSA) is 41.5 Å². The van der Waals surface area contributed by atoms with Gasteiger partial charge in [0, 0.05) is 33.2 Å². The lowest BCUT2D eigenvalue weighted by Crippen LogP contribution is -2.25. The minimum absolute atomic E-state index is 0.0522. The molecule has 0 saturated carbocycles. The van der Waals surface area contributed by atoms with Crippen LogP contribution in [0.25, 0.3) is 0 Å². The molecule has 0 spiro atoms. The van der Waals surface area contributed by atoms with Crippen molar-refractivity contribution in [3.63, 3.8) is 0 Å². The summed E-state index contributed by atoms with van der Waals surface area (Å²) in [6, 6.07) is 22.6. The van der Waals surface area contributed by atoms with E-state index < -0.39 is 0 Å². The van der Waals surface area contributed by atoms with Gasteiger partial charge >= 0.3 is 0 Å². The van der Waals surface area contributed by atoms with Crippen LogP contribution in [-0.2, 0) is 6.42 Å². The van der Waals surface area contributed by atoms with Crippen LogP contribution in [0.1, 0.15) is 46.8 Å². The molecule has 3 aromatic carbocycles. The van der Waals surface area contributed by atoms with Crippen LogP contribution in [0.4, 0.5) is 5.69 Å². The highest BCUT2D eigenvalue weighted by Crippen LogP contribution is 2.41. The quantitative estimate of drug-likeness (QED) is 0.510. The Kier molecular flexibility index (Phi) is 6.34. The van der Waals surface area contributed by atoms with E-state index in [1.54, 1.807) is 11.8 Å². The molecule has 0 saturated heterocycles. The highest BCUT2D eigenvalue weighted by molar-refractivity contribution is 7.99. The fourth-order valence-electron chi connectivity index (χ4n) is 3.61. The molecular formula is C26H26N2OS. The van der Waals surface area contributed by atoms with E-state index in [1.165, 1.54) is 21.6 Å². The van der Waals surface area contributed by atoms with Crippen molar-refractivity contribution in [3.05, 3.63) is 89.0 Å². The van der Waals surface area contributed by atoms with Gasteiger partial charge in [0.2, 0.25) is 0 Å². The molecule has 3 nitrogen and oxygen atoms in total. The smallest absolute Gasteiger partial charge is 0.251 e. The third-order valence-electron chi connectivity index (χ3n) is 5.17. The van der Waals surface area contributed by atoms with Gasteiger partial charge in [0.1, 0.15) is 0 Å². The number of benzene rings is 3. The van der Waals surface area contributed by atoms with Crippen molar-refractivity contribution >= 4 is 29.1 Å². The van der Waals surface area contributed by atoms with Crippen LogP contribution >= 0.6 is 11.8 Å². The van der Waals surface area contributed by atoms with Gasteiger partial charge < -0.3 is 5.32 Å². The Morgan fingerprint density at radius 1 is 0.967 bits per heavy atom. The van der Waals surface area contributed by atoms with Crippen LogP contribution in [0.15, 0.2) is 81.5 Å². The zero-order chi connectivity index (χ0) is 20.9. The van der Waals surface area contributed by atoms with Crippen molar-refractivity contribution in [3.8, 4) is 0 Å². The fourth-order valence-corrected chi connectivity index (χ4v) is 4.61. The summed E-state index contributed by atoms with van der Waals surface area (Å²) in [6.07, 6.45) is 2.77. The van der Waals surface area contributed by atoms with E-state index in [0.717, 1.165) is 35.6 Å². The summed E-state index contributed by atoms with van der Waals surface area (Å²) < 4.78 is 0. The highest BCUT2D eigenvalue weighted by atomic mass is 32.2. The normalized spacial score (nSPS) is 12.4. The molecule has 4 heteroatoms. The fraction of sp³-hybridized carbons (Fsp3) is 0.231. The molecule has 1 N–H and O–H groups in total. The van der Waals surface area contributed by atoms with Gasteiger partial charge in [-0.3, -0.25) is 9.79 Å². The van der Waals surface area contributed by atoms with Gasteiger partial charge in [0.25, 0.3) is 5.91 Å². The van der Waals surface area contributed by atoms with E-state index in [1.807, 2.05) is 36.4 Å². The van der Waals surface area contributed by atoms with E-state index >= 15 is 0 Å². The minimum atomic E-state index is -0.0522. The first-order valence-electron chi connectivity index (χ1n) is 10.5. The lowest BCUT2D eigenvalue weighted by molar-refractivity contribution is 0.0954. The lowest BCUT2D eigenvalue weighted by atomic mass is 10.0. The summed E-state index contributed by atoms with van der Waals surface area (Å²) >= 11 is 1.73. The predicted molar refractivity (Wildman–Crippen MR) is 125 cm³/mol. The highest BCUT2D eigenvalue weighted by Gasteiger charge is 2.18. The SMILES string of the molecule is CCCC1=Nc2cc(C(=O)NCCc3ccccc3)ccc2Sc2ccc(C)cc21. The maximum absolute atomic E-state index is 12.7. The van der Waals surface area contributed by atoms with Gasteiger partial charge in [-0.15, -0.1) is 0 Å². The van der Waals surface area contributed by atoms with Crippen LogP contribution < -0.4 is 5.32 Å². The number of aliphatic imine (C=N–C) groups is 1. The van der Waals surface area contributed by atoms with Crippen molar-refractivity contribution in [1.82, 2.24) is 5.32 Å². The van der Waals surface area contributed by atoms with Crippen LogP contribution in [0.3, 0.4) is 0 Å². The first-order chi connectivity index (χ1) is 14.6. The molecule has 152 valence electrons. The van der Waals surface area contributed by atoms with Gasteiger partial charge in [-0.25, -0.2) is 0 Å². The lowest BCUT2D eigenvalue weighted by Gasteiger charge is -2.09. The number of aryl methyl sites for hydroxylation is 1. The number of hydrogen-bond acceptors (Lipinski definition) is 3. The van der Waals surface area contributed by atoms with Gasteiger partial charge in [0.15, 0.2) is 0 Å². The Morgan fingerprint density at radius 3 is 2.57 bits per heavy atom. The summed E-state index contributed by atoms with van der Waals surface area (Å²) in [7, 11) is 0. The Labute approximate surface area is 182 Å². The molecule has 0 aromatic heterocycles. The van der Waals surface area contributed by atoms with E-state index in [0.29, 0.717) is 12.1 Å². The molecule has 0 aliphatic carbocycles. The van der Waals surface area contributed by atoms with Crippen molar-refractivity contribution in [2.24, 2.45) is 4.99 Å². The summed E-state index contributed by atoms with van der Waals surface area (Å²) in [5.41, 5.74) is 6.31. The molecule has 1 amide bonds. The summed E-state index contributed by atoms with van der Waals surface area (Å²) in [4.78, 5) is 20.0. The van der Waals surface area contributed by atoms with Crippen molar-refractivity contribution < 1.29 is 4.79 Å². The Bertz CT molecular complexity index is 1090. The summed E-state index contributed by atoms with van der Waals surface area (Å²) in [6.45, 7) is 4.90. The first kappa shape index (κ1) is 20.4. The van der Waals surface area contributed by atoms with Crippen LogP contribution in [0, 0.1) is 6.92 Å². The van der Waals surface area contributed by atoms with E-state index in [-0.39, 0.29) is 5.91 Å². The standard InChI is InChI=1S/C26H26N2OS/c1-3-7-22-21-16-18(2)10-12-24(21)30-25-13-11-20(17-23(25)28-22)26(29)27-15-14-19-8-5-4-6-9-19/h4-6,8-13,16-17H,3,7,14-15H2,1-2H3,(H,27,29). The van der Waals surface area contributed by atoms with Crippen molar-refractivity contribution in [1.29, 1.82) is 0 Å². The molecule has 4 rings (SSSR count). The summed E-state index contributed by atoms with van der Waals surface area (Å²) in [5, 5.41) is 3.04. The Hall–Kier alpha value is -2.85. The molecule has 0 bridgehead atoms. The Morgan fingerprint density at radius 2 is 1.77 bits per heavy atom. The monoisotopic (exact) mass is 414 g/mol. The molecular weight excluding hydrogens is 388 g/mol. The van der Waals surface area contributed by atoms with E-state index in [2.05, 4.69) is 49.5 Å². The number of hydrogen-bond donors (Lipinski definition) is 1. The van der Waals surface area contributed by atoms with Crippen molar-refractivity contribution in [2.75, 3.05) is 6.54 Å². The maximum atomic E-state index is 12.7. The van der Waals surface area contributed by atoms with Crippen LogP contribution in [0.2, 0.25) is 0 Å².